The molecule has 0 radical (unpaired) electrons. The quantitative estimate of drug-likeness (QED) is 0.637. The summed E-state index contributed by atoms with van der Waals surface area (Å²) in [5.74, 6) is 0. The van der Waals surface area contributed by atoms with Crippen LogP contribution < -0.4 is 11.1 Å². The summed E-state index contributed by atoms with van der Waals surface area (Å²) in [5, 5.41) is 11.5. The van der Waals surface area contributed by atoms with Gasteiger partial charge in [-0.05, 0) is 38.1 Å². The van der Waals surface area contributed by atoms with Gasteiger partial charge < -0.3 is 11.1 Å². The van der Waals surface area contributed by atoms with Gasteiger partial charge in [0.1, 0.15) is 0 Å². The summed E-state index contributed by atoms with van der Waals surface area (Å²) in [5.41, 5.74) is 11.8. The van der Waals surface area contributed by atoms with E-state index < -0.39 is 0 Å². The maximum atomic E-state index is 5.88. The van der Waals surface area contributed by atoms with Crippen molar-refractivity contribution in [2.75, 3.05) is 11.1 Å². The topological polar surface area (TPSA) is 79.6 Å². The normalized spacial score (nSPS) is 10.9. The van der Waals surface area contributed by atoms with Gasteiger partial charge in [0.25, 0.3) is 0 Å². The van der Waals surface area contributed by atoms with Crippen LogP contribution in [0.5, 0.6) is 0 Å². The van der Waals surface area contributed by atoms with Crippen LogP contribution in [-0.2, 0) is 6.54 Å². The van der Waals surface area contributed by atoms with Gasteiger partial charge in [-0.15, -0.1) is 0 Å². The van der Waals surface area contributed by atoms with Crippen molar-refractivity contribution in [2.45, 2.75) is 20.4 Å². The lowest BCUT2D eigenvalue weighted by molar-refractivity contribution is 1.04. The van der Waals surface area contributed by atoms with Gasteiger partial charge in [0.2, 0.25) is 0 Å². The van der Waals surface area contributed by atoms with Crippen molar-refractivity contribution in [3.63, 3.8) is 0 Å². The van der Waals surface area contributed by atoms with Crippen LogP contribution in [0.15, 0.2) is 30.5 Å². The van der Waals surface area contributed by atoms with E-state index >= 15 is 0 Å². The first-order valence-corrected chi connectivity index (χ1v) is 6.53. The minimum atomic E-state index is 0.718. The number of aryl methyl sites for hydroxylation is 2. The monoisotopic (exact) mass is 267 g/mol. The summed E-state index contributed by atoms with van der Waals surface area (Å²) in [7, 11) is 0. The van der Waals surface area contributed by atoms with Crippen molar-refractivity contribution in [1.29, 1.82) is 0 Å². The molecule has 0 aliphatic rings. The van der Waals surface area contributed by atoms with Gasteiger partial charge in [0.05, 0.1) is 11.7 Å². The van der Waals surface area contributed by atoms with Gasteiger partial charge in [0.15, 0.2) is 0 Å². The Morgan fingerprint density at radius 1 is 1.25 bits per heavy atom. The number of nitrogens with two attached hydrogens (primary N) is 1. The van der Waals surface area contributed by atoms with E-state index in [-0.39, 0.29) is 0 Å². The summed E-state index contributed by atoms with van der Waals surface area (Å²) < 4.78 is 0. The second kappa shape index (κ2) is 4.85. The van der Waals surface area contributed by atoms with Crippen molar-refractivity contribution >= 4 is 22.3 Å². The SMILES string of the molecule is Cc1cc(NCc2cn[nH]c2C)c2cc(N)ccc2n1. The van der Waals surface area contributed by atoms with Crippen LogP contribution in [0.1, 0.15) is 17.0 Å². The van der Waals surface area contributed by atoms with E-state index in [0.717, 1.165) is 45.8 Å². The van der Waals surface area contributed by atoms with Crippen LogP contribution >= 0.6 is 0 Å². The Labute approximate surface area is 117 Å². The molecule has 5 nitrogen and oxygen atoms in total. The molecule has 20 heavy (non-hydrogen) atoms. The highest BCUT2D eigenvalue weighted by Crippen LogP contribution is 2.25. The predicted octanol–water partition coefficient (Wildman–Crippen LogP) is 2.77. The Hall–Kier alpha value is -2.56. The number of hydrogen-bond donors (Lipinski definition) is 3. The average molecular weight is 267 g/mol. The number of fused-ring (bicyclic) bond motifs is 1. The van der Waals surface area contributed by atoms with Crippen molar-refractivity contribution in [3.8, 4) is 0 Å². The first-order chi connectivity index (χ1) is 9.63. The molecule has 2 aromatic heterocycles. The minimum Gasteiger partial charge on any atom is -0.399 e. The second-order valence-corrected chi connectivity index (χ2v) is 4.96. The van der Waals surface area contributed by atoms with Gasteiger partial charge in [-0.1, -0.05) is 0 Å². The number of nitrogen functional groups attached to an aromatic ring is 1. The zero-order chi connectivity index (χ0) is 14.1. The van der Waals surface area contributed by atoms with Crippen molar-refractivity contribution in [2.24, 2.45) is 0 Å². The van der Waals surface area contributed by atoms with E-state index in [9.17, 15) is 0 Å². The molecule has 5 heteroatoms. The lowest BCUT2D eigenvalue weighted by Crippen LogP contribution is -2.02. The molecule has 0 atom stereocenters. The Morgan fingerprint density at radius 3 is 2.85 bits per heavy atom. The van der Waals surface area contributed by atoms with Crippen LogP contribution in [0.2, 0.25) is 0 Å². The maximum absolute atomic E-state index is 5.88. The summed E-state index contributed by atoms with van der Waals surface area (Å²) in [4.78, 5) is 4.53. The van der Waals surface area contributed by atoms with E-state index in [1.165, 1.54) is 0 Å². The smallest absolute Gasteiger partial charge is 0.0727 e. The number of nitrogens with zero attached hydrogens (tertiary/aromatic N) is 2. The third-order valence-corrected chi connectivity index (χ3v) is 3.36. The van der Waals surface area contributed by atoms with Crippen molar-refractivity contribution in [1.82, 2.24) is 15.2 Å². The summed E-state index contributed by atoms with van der Waals surface area (Å²) in [6.45, 7) is 4.72. The molecule has 3 aromatic rings. The molecule has 0 bridgehead atoms. The molecule has 0 saturated carbocycles. The molecule has 3 rings (SSSR count). The number of pyridine rings is 1. The van der Waals surface area contributed by atoms with Crippen LogP contribution in [0, 0.1) is 13.8 Å². The third-order valence-electron chi connectivity index (χ3n) is 3.36. The lowest BCUT2D eigenvalue weighted by atomic mass is 10.1. The van der Waals surface area contributed by atoms with Gasteiger partial charge >= 0.3 is 0 Å². The van der Waals surface area contributed by atoms with E-state index in [1.807, 2.05) is 44.3 Å². The predicted molar refractivity (Wildman–Crippen MR) is 81.5 cm³/mol. The second-order valence-electron chi connectivity index (χ2n) is 4.96. The van der Waals surface area contributed by atoms with E-state index in [0.29, 0.717) is 0 Å². The lowest BCUT2D eigenvalue weighted by Gasteiger charge is -2.11. The molecule has 0 fully saturated rings. The highest BCUT2D eigenvalue weighted by Gasteiger charge is 2.06. The zero-order valence-corrected chi connectivity index (χ0v) is 11.6. The summed E-state index contributed by atoms with van der Waals surface area (Å²) in [6.07, 6.45) is 1.84. The number of nitrogens with one attached hydrogen (secondary N) is 2. The molecule has 0 aliphatic heterocycles. The number of aromatic nitrogens is 3. The van der Waals surface area contributed by atoms with Gasteiger partial charge in [-0.2, -0.15) is 5.10 Å². The minimum absolute atomic E-state index is 0.718. The Morgan fingerprint density at radius 2 is 2.10 bits per heavy atom. The number of rotatable bonds is 3. The van der Waals surface area contributed by atoms with Crippen LogP contribution in [-0.4, -0.2) is 15.2 Å². The highest BCUT2D eigenvalue weighted by atomic mass is 15.1. The fourth-order valence-corrected chi connectivity index (χ4v) is 2.27. The highest BCUT2D eigenvalue weighted by molar-refractivity contribution is 5.93. The number of hydrogen-bond acceptors (Lipinski definition) is 4. The Kier molecular flexibility index (Phi) is 3.02. The Bertz CT molecular complexity index is 760. The molecular formula is C15H17N5. The third kappa shape index (κ3) is 2.30. The average Bonchev–Trinajstić information content (AvgIpc) is 2.82. The Balaban J connectivity index is 1.98. The van der Waals surface area contributed by atoms with E-state index in [2.05, 4.69) is 20.5 Å². The van der Waals surface area contributed by atoms with Crippen LogP contribution in [0.4, 0.5) is 11.4 Å². The summed E-state index contributed by atoms with van der Waals surface area (Å²) in [6, 6.07) is 7.81. The largest absolute Gasteiger partial charge is 0.399 e. The number of benzene rings is 1. The molecule has 0 saturated heterocycles. The van der Waals surface area contributed by atoms with Crippen molar-refractivity contribution < 1.29 is 0 Å². The van der Waals surface area contributed by atoms with E-state index in [4.69, 9.17) is 5.73 Å². The van der Waals surface area contributed by atoms with Gasteiger partial charge in [-0.3, -0.25) is 10.1 Å². The zero-order valence-electron chi connectivity index (χ0n) is 11.6. The van der Waals surface area contributed by atoms with Gasteiger partial charge in [0, 0.05) is 40.3 Å². The molecular weight excluding hydrogens is 250 g/mol. The fraction of sp³-hybridized carbons (Fsp3) is 0.200. The number of H-pyrrole nitrogens is 1. The molecule has 2 heterocycles. The summed E-state index contributed by atoms with van der Waals surface area (Å²) >= 11 is 0. The van der Waals surface area contributed by atoms with Crippen LogP contribution in [0.3, 0.4) is 0 Å². The van der Waals surface area contributed by atoms with E-state index in [1.54, 1.807) is 0 Å². The molecule has 0 spiro atoms. The molecule has 1 aromatic carbocycles. The number of anilines is 2. The van der Waals surface area contributed by atoms with Crippen LogP contribution in [0.25, 0.3) is 10.9 Å². The molecule has 0 unspecified atom stereocenters. The number of aromatic amines is 1. The first-order valence-electron chi connectivity index (χ1n) is 6.53. The molecule has 0 amide bonds. The molecule has 0 aliphatic carbocycles. The van der Waals surface area contributed by atoms with Gasteiger partial charge in [-0.25, -0.2) is 0 Å². The fourth-order valence-electron chi connectivity index (χ4n) is 2.27. The maximum Gasteiger partial charge on any atom is 0.0727 e. The molecule has 102 valence electrons. The standard InChI is InChI=1S/C15H17N5/c1-9-5-15(17-7-11-8-18-20-10(11)2)13-6-12(16)3-4-14(13)19-9/h3-6,8H,7,16H2,1-2H3,(H,17,19)(H,18,20). The first kappa shape index (κ1) is 12.5. The molecule has 4 N–H and O–H groups in total. The van der Waals surface area contributed by atoms with Crippen molar-refractivity contribution in [3.05, 3.63) is 47.4 Å².